The molecule has 5 nitrogen and oxygen atoms in total. The molecule has 0 saturated heterocycles. The molecule has 0 aliphatic rings. The number of hydrogen-bond donors (Lipinski definition) is 1. The molecule has 0 spiro atoms. The molecule has 26 heavy (non-hydrogen) atoms. The highest BCUT2D eigenvalue weighted by Gasteiger charge is 2.07. The highest BCUT2D eigenvalue weighted by atomic mass is 35.5. The molecule has 1 amide bonds. The number of halogens is 1. The second kappa shape index (κ2) is 8.45. The first-order chi connectivity index (χ1) is 12.6. The van der Waals surface area contributed by atoms with Gasteiger partial charge in [-0.25, -0.2) is 0 Å². The normalized spacial score (nSPS) is 10.5. The van der Waals surface area contributed by atoms with Crippen LogP contribution in [0.5, 0.6) is 0 Å². The van der Waals surface area contributed by atoms with Crippen LogP contribution in [-0.4, -0.2) is 22.2 Å². The summed E-state index contributed by atoms with van der Waals surface area (Å²) in [6, 6.07) is 19.6. The smallest absolute Gasteiger partial charge is 0.271 e. The van der Waals surface area contributed by atoms with Gasteiger partial charge >= 0.3 is 0 Å². The summed E-state index contributed by atoms with van der Waals surface area (Å²) in [5.41, 5.74) is 2.06. The van der Waals surface area contributed by atoms with Crippen LogP contribution in [-0.2, 0) is 6.42 Å². The average Bonchev–Trinajstić information content (AvgIpc) is 2.68. The van der Waals surface area contributed by atoms with E-state index in [1.807, 2.05) is 18.2 Å². The van der Waals surface area contributed by atoms with Crippen molar-refractivity contribution in [3.8, 4) is 5.69 Å². The van der Waals surface area contributed by atoms with Crippen molar-refractivity contribution in [1.29, 1.82) is 0 Å². The second-order valence-corrected chi connectivity index (χ2v) is 6.19. The van der Waals surface area contributed by atoms with Crippen molar-refractivity contribution in [1.82, 2.24) is 15.1 Å². The van der Waals surface area contributed by atoms with Crippen molar-refractivity contribution in [2.45, 2.75) is 12.8 Å². The van der Waals surface area contributed by atoms with E-state index in [0.29, 0.717) is 17.8 Å². The summed E-state index contributed by atoms with van der Waals surface area (Å²) in [5, 5.41) is 7.11. The summed E-state index contributed by atoms with van der Waals surface area (Å²) in [7, 11) is 0. The van der Waals surface area contributed by atoms with E-state index in [-0.39, 0.29) is 16.6 Å². The average molecular weight is 368 g/mol. The number of nitrogens with one attached hydrogen (secondary N) is 1. The largest absolute Gasteiger partial charge is 0.352 e. The molecule has 0 aliphatic heterocycles. The van der Waals surface area contributed by atoms with Gasteiger partial charge in [0.25, 0.3) is 11.5 Å². The quantitative estimate of drug-likeness (QED) is 0.680. The minimum Gasteiger partial charge on any atom is -0.352 e. The van der Waals surface area contributed by atoms with Crippen LogP contribution in [0.1, 0.15) is 22.3 Å². The molecule has 6 heteroatoms. The number of aryl methyl sites for hydroxylation is 1. The lowest BCUT2D eigenvalue weighted by Crippen LogP contribution is -2.25. The minimum atomic E-state index is -0.285. The summed E-state index contributed by atoms with van der Waals surface area (Å²) in [6.45, 7) is 0.602. The van der Waals surface area contributed by atoms with Crippen LogP contribution in [0.4, 0.5) is 0 Å². The fraction of sp³-hybridized carbons (Fsp3) is 0.150. The van der Waals surface area contributed by atoms with E-state index in [1.165, 1.54) is 22.4 Å². The lowest BCUT2D eigenvalue weighted by molar-refractivity contribution is 0.0953. The fourth-order valence-corrected chi connectivity index (χ4v) is 2.71. The monoisotopic (exact) mass is 367 g/mol. The summed E-state index contributed by atoms with van der Waals surface area (Å²) < 4.78 is 1.20. The Kier molecular flexibility index (Phi) is 5.81. The molecule has 3 aromatic rings. The molecule has 0 fully saturated rings. The molecular weight excluding hydrogens is 350 g/mol. The number of aromatic nitrogens is 2. The van der Waals surface area contributed by atoms with Crippen LogP contribution < -0.4 is 10.9 Å². The lowest BCUT2D eigenvalue weighted by Gasteiger charge is -2.07. The lowest BCUT2D eigenvalue weighted by atomic mass is 10.1. The Morgan fingerprint density at radius 1 is 1.00 bits per heavy atom. The Bertz CT molecular complexity index is 937. The zero-order chi connectivity index (χ0) is 18.4. The standard InChI is InChI=1S/C20H18ClN3O2/c21-18-12-13-19(25)24(23-18)17-10-8-16(9-11-17)20(26)22-14-4-7-15-5-2-1-3-6-15/h1-3,5-6,8-13H,4,7,14H2,(H,22,26). The highest BCUT2D eigenvalue weighted by molar-refractivity contribution is 6.29. The summed E-state index contributed by atoms with van der Waals surface area (Å²) in [4.78, 5) is 24.1. The summed E-state index contributed by atoms with van der Waals surface area (Å²) in [6.07, 6.45) is 1.79. The Labute approximate surface area is 156 Å². The molecule has 0 unspecified atom stereocenters. The third kappa shape index (κ3) is 4.58. The number of hydrogen-bond acceptors (Lipinski definition) is 3. The SMILES string of the molecule is O=C(NCCCc1ccccc1)c1ccc(-n2nc(Cl)ccc2=O)cc1. The molecule has 1 aromatic heterocycles. The molecule has 0 bridgehead atoms. The van der Waals surface area contributed by atoms with Crippen molar-refractivity contribution in [3.05, 3.63) is 93.4 Å². The molecule has 1 N–H and O–H groups in total. The second-order valence-electron chi connectivity index (χ2n) is 5.80. The van der Waals surface area contributed by atoms with E-state index in [4.69, 9.17) is 11.6 Å². The van der Waals surface area contributed by atoms with Gasteiger partial charge in [0, 0.05) is 18.2 Å². The Morgan fingerprint density at radius 3 is 2.46 bits per heavy atom. The molecular formula is C20H18ClN3O2. The molecule has 2 aromatic carbocycles. The van der Waals surface area contributed by atoms with Crippen molar-refractivity contribution in [3.63, 3.8) is 0 Å². The molecule has 1 heterocycles. The first-order valence-corrected chi connectivity index (χ1v) is 8.70. The van der Waals surface area contributed by atoms with Gasteiger partial charge in [-0.1, -0.05) is 41.9 Å². The highest BCUT2D eigenvalue weighted by Crippen LogP contribution is 2.09. The van der Waals surface area contributed by atoms with Gasteiger partial charge in [0.1, 0.15) is 5.15 Å². The van der Waals surface area contributed by atoms with Gasteiger partial charge in [-0.05, 0) is 48.7 Å². The van der Waals surface area contributed by atoms with E-state index in [2.05, 4.69) is 22.5 Å². The maximum Gasteiger partial charge on any atom is 0.271 e. The summed E-state index contributed by atoms with van der Waals surface area (Å²) in [5.74, 6) is -0.143. The number of carbonyl (C=O) groups is 1. The van der Waals surface area contributed by atoms with Crippen LogP contribution in [0.25, 0.3) is 5.69 Å². The Hall–Kier alpha value is -2.92. The van der Waals surface area contributed by atoms with Crippen molar-refractivity contribution >= 4 is 17.5 Å². The predicted molar refractivity (Wildman–Crippen MR) is 102 cm³/mol. The van der Waals surface area contributed by atoms with Gasteiger partial charge < -0.3 is 5.32 Å². The topological polar surface area (TPSA) is 64.0 Å². The van der Waals surface area contributed by atoms with Gasteiger partial charge in [-0.3, -0.25) is 9.59 Å². The van der Waals surface area contributed by atoms with Gasteiger partial charge in [0.2, 0.25) is 0 Å². The van der Waals surface area contributed by atoms with E-state index in [9.17, 15) is 9.59 Å². The van der Waals surface area contributed by atoms with Crippen molar-refractivity contribution < 1.29 is 4.79 Å². The van der Waals surface area contributed by atoms with Crippen LogP contribution in [0, 0.1) is 0 Å². The van der Waals surface area contributed by atoms with Crippen LogP contribution >= 0.6 is 11.6 Å². The van der Waals surface area contributed by atoms with Gasteiger partial charge in [-0.15, -0.1) is 0 Å². The predicted octanol–water partition coefficient (Wildman–Crippen LogP) is 3.25. The molecule has 3 rings (SSSR count). The number of rotatable bonds is 6. The first kappa shape index (κ1) is 17.9. The first-order valence-electron chi connectivity index (χ1n) is 8.32. The van der Waals surface area contributed by atoms with Gasteiger partial charge in [0.15, 0.2) is 0 Å². The molecule has 0 saturated carbocycles. The number of nitrogens with zero attached hydrogens (tertiary/aromatic N) is 2. The zero-order valence-electron chi connectivity index (χ0n) is 14.1. The molecule has 0 radical (unpaired) electrons. The third-order valence-electron chi connectivity index (χ3n) is 3.91. The van der Waals surface area contributed by atoms with Crippen LogP contribution in [0.2, 0.25) is 5.15 Å². The van der Waals surface area contributed by atoms with Crippen molar-refractivity contribution in [2.75, 3.05) is 6.54 Å². The van der Waals surface area contributed by atoms with Crippen LogP contribution in [0.15, 0.2) is 71.5 Å². The molecule has 0 aliphatic carbocycles. The minimum absolute atomic E-state index is 0.143. The van der Waals surface area contributed by atoms with Crippen molar-refractivity contribution in [2.24, 2.45) is 0 Å². The molecule has 0 atom stereocenters. The number of carbonyl (C=O) groups excluding carboxylic acids is 1. The number of amides is 1. The van der Waals surface area contributed by atoms with E-state index in [1.54, 1.807) is 24.3 Å². The third-order valence-corrected chi connectivity index (χ3v) is 4.11. The van der Waals surface area contributed by atoms with E-state index >= 15 is 0 Å². The van der Waals surface area contributed by atoms with E-state index in [0.717, 1.165) is 12.8 Å². The maximum atomic E-state index is 12.2. The Balaban J connectivity index is 1.57. The zero-order valence-corrected chi connectivity index (χ0v) is 14.8. The Morgan fingerprint density at radius 2 is 1.73 bits per heavy atom. The van der Waals surface area contributed by atoms with Crippen LogP contribution in [0.3, 0.4) is 0 Å². The molecule has 132 valence electrons. The number of benzene rings is 2. The van der Waals surface area contributed by atoms with E-state index < -0.39 is 0 Å². The maximum absolute atomic E-state index is 12.2. The van der Waals surface area contributed by atoms with Gasteiger partial charge in [-0.2, -0.15) is 9.78 Å². The summed E-state index contributed by atoms with van der Waals surface area (Å²) >= 11 is 5.83. The fourth-order valence-electron chi connectivity index (χ4n) is 2.57. The van der Waals surface area contributed by atoms with Gasteiger partial charge in [0.05, 0.1) is 5.69 Å².